The summed E-state index contributed by atoms with van der Waals surface area (Å²) in [6, 6.07) is 9.10. The fourth-order valence-electron chi connectivity index (χ4n) is 2.37. The first-order chi connectivity index (χ1) is 13.6. The Balaban J connectivity index is 1.94. The molecule has 0 spiro atoms. The largest absolute Gasteiger partial charge is 0.503 e. The highest BCUT2D eigenvalue weighted by Crippen LogP contribution is 2.35. The third-order valence-electron chi connectivity index (χ3n) is 3.91. The van der Waals surface area contributed by atoms with E-state index in [1.54, 1.807) is 12.1 Å². The minimum atomic E-state index is -0.393. The van der Waals surface area contributed by atoms with Crippen LogP contribution >= 0.6 is 31.9 Å². The van der Waals surface area contributed by atoms with Gasteiger partial charge in [-0.15, -0.1) is 0 Å². The van der Waals surface area contributed by atoms with Gasteiger partial charge in [0.25, 0.3) is 5.91 Å². The summed E-state index contributed by atoms with van der Waals surface area (Å²) >= 11 is 6.74. The van der Waals surface area contributed by atoms with Crippen LogP contribution in [0, 0.1) is 0 Å². The van der Waals surface area contributed by atoms with E-state index in [0.717, 1.165) is 10.0 Å². The zero-order valence-electron chi connectivity index (χ0n) is 16.8. The highest BCUT2D eigenvalue weighted by Gasteiger charge is 2.15. The van der Waals surface area contributed by atoms with Gasteiger partial charge in [-0.1, -0.05) is 26.8 Å². The number of nitrogens with one attached hydrogen (secondary N) is 1. The number of ether oxygens (including phenoxy) is 2. The van der Waals surface area contributed by atoms with Gasteiger partial charge < -0.3 is 14.6 Å². The molecule has 2 N–H and O–H groups in total. The van der Waals surface area contributed by atoms with Gasteiger partial charge in [-0.25, -0.2) is 5.43 Å². The van der Waals surface area contributed by atoms with Crippen molar-refractivity contribution in [2.24, 2.45) is 5.10 Å². The fraction of sp³-hybridized carbons (Fsp3) is 0.333. The maximum Gasteiger partial charge on any atom is 0.277 e. The molecule has 0 bridgehead atoms. The Morgan fingerprint density at radius 2 is 1.86 bits per heavy atom. The molecule has 2 aromatic carbocycles. The van der Waals surface area contributed by atoms with E-state index in [1.165, 1.54) is 6.21 Å². The number of nitrogens with zero attached hydrogens (tertiary/aromatic N) is 1. The second kappa shape index (κ2) is 10.1. The van der Waals surface area contributed by atoms with Crippen LogP contribution in [-0.4, -0.2) is 30.4 Å². The van der Waals surface area contributed by atoms with Crippen molar-refractivity contribution in [3.8, 4) is 17.2 Å². The average molecular weight is 528 g/mol. The number of benzene rings is 2. The second-order valence-corrected chi connectivity index (χ2v) is 8.97. The number of phenols is 1. The number of carbonyl (C=O) groups is 1. The number of rotatable bonds is 7. The van der Waals surface area contributed by atoms with E-state index in [9.17, 15) is 9.90 Å². The molecule has 6 nitrogen and oxygen atoms in total. The van der Waals surface area contributed by atoms with Gasteiger partial charge in [0.05, 0.1) is 21.8 Å². The highest BCUT2D eigenvalue weighted by atomic mass is 79.9. The number of aromatic hydroxyl groups is 1. The van der Waals surface area contributed by atoms with Gasteiger partial charge in [-0.3, -0.25) is 4.79 Å². The third-order valence-corrected chi connectivity index (χ3v) is 5.13. The Morgan fingerprint density at radius 1 is 1.14 bits per heavy atom. The van der Waals surface area contributed by atoms with Crippen LogP contribution in [0.25, 0.3) is 0 Å². The molecular formula is C21H24Br2N2O4. The zero-order valence-corrected chi connectivity index (χ0v) is 19.9. The van der Waals surface area contributed by atoms with Gasteiger partial charge >= 0.3 is 0 Å². The quantitative estimate of drug-likeness (QED) is 0.386. The number of hydrazone groups is 1. The molecule has 0 saturated heterocycles. The fourth-order valence-corrected chi connectivity index (χ4v) is 3.33. The molecule has 0 aliphatic rings. The summed E-state index contributed by atoms with van der Waals surface area (Å²) in [6.07, 6.45) is 1.46. The highest BCUT2D eigenvalue weighted by molar-refractivity contribution is 9.10. The van der Waals surface area contributed by atoms with Gasteiger partial charge in [0, 0.05) is 0 Å². The summed E-state index contributed by atoms with van der Waals surface area (Å²) < 4.78 is 12.2. The van der Waals surface area contributed by atoms with Crippen LogP contribution < -0.4 is 14.9 Å². The van der Waals surface area contributed by atoms with Crippen LogP contribution in [-0.2, 0) is 10.2 Å². The summed E-state index contributed by atoms with van der Waals surface area (Å²) in [4.78, 5) is 12.0. The normalized spacial score (nSPS) is 11.5. The van der Waals surface area contributed by atoms with Gasteiger partial charge in [-0.2, -0.15) is 5.10 Å². The number of amides is 1. The van der Waals surface area contributed by atoms with Crippen molar-refractivity contribution in [2.45, 2.75) is 33.1 Å². The Bertz CT molecular complexity index is 908. The number of hydrogen-bond acceptors (Lipinski definition) is 5. The molecule has 2 rings (SSSR count). The lowest BCUT2D eigenvalue weighted by molar-refractivity contribution is -0.123. The van der Waals surface area contributed by atoms with Crippen LogP contribution in [0.1, 0.15) is 38.8 Å². The molecule has 0 aromatic heterocycles. The topological polar surface area (TPSA) is 80.2 Å². The van der Waals surface area contributed by atoms with Crippen molar-refractivity contribution in [3.05, 3.63) is 50.4 Å². The molecular weight excluding hydrogens is 504 g/mol. The lowest BCUT2D eigenvalue weighted by Crippen LogP contribution is -2.24. The number of halogens is 2. The first-order valence-electron chi connectivity index (χ1n) is 9.02. The van der Waals surface area contributed by atoms with Crippen molar-refractivity contribution < 1.29 is 19.4 Å². The Kier molecular flexibility index (Phi) is 8.10. The van der Waals surface area contributed by atoms with Crippen molar-refractivity contribution in [1.29, 1.82) is 0 Å². The minimum Gasteiger partial charge on any atom is -0.503 e. The van der Waals surface area contributed by atoms with Crippen LogP contribution in [0.3, 0.4) is 0 Å². The Labute approximate surface area is 187 Å². The summed E-state index contributed by atoms with van der Waals surface area (Å²) in [7, 11) is 0. The van der Waals surface area contributed by atoms with Crippen LogP contribution in [0.15, 0.2) is 44.4 Å². The first kappa shape index (κ1) is 23.2. The van der Waals surface area contributed by atoms with E-state index in [2.05, 4.69) is 63.2 Å². The maximum absolute atomic E-state index is 12.0. The lowest BCUT2D eigenvalue weighted by Gasteiger charge is -2.20. The molecule has 2 aromatic rings. The van der Waals surface area contributed by atoms with E-state index in [1.807, 2.05) is 25.1 Å². The monoisotopic (exact) mass is 526 g/mol. The van der Waals surface area contributed by atoms with Gasteiger partial charge in [-0.05, 0) is 79.6 Å². The molecule has 0 aliphatic carbocycles. The SMILES string of the molecule is CCOc1cc(/C=N/NC(=O)COc2ccc(C(C)(C)C)cc2Br)cc(Br)c1O. The molecule has 0 unspecified atom stereocenters. The summed E-state index contributed by atoms with van der Waals surface area (Å²) in [5.74, 6) is 0.544. The standard InChI is InChI=1S/C21H24Br2N2O4/c1-5-28-18-9-13(8-16(23)20(18)27)11-24-25-19(26)12-29-17-7-6-14(10-15(17)22)21(2,3)4/h6-11,27H,5,12H2,1-4H3,(H,25,26)/b24-11+. The zero-order chi connectivity index (χ0) is 21.6. The molecule has 29 heavy (non-hydrogen) atoms. The average Bonchev–Trinajstić information content (AvgIpc) is 2.64. The number of hydrogen-bond donors (Lipinski definition) is 2. The number of carbonyl (C=O) groups excluding carboxylic acids is 1. The lowest BCUT2D eigenvalue weighted by atomic mass is 9.87. The predicted molar refractivity (Wildman–Crippen MR) is 121 cm³/mol. The summed E-state index contributed by atoms with van der Waals surface area (Å²) in [5.41, 5.74) is 4.26. The van der Waals surface area contributed by atoms with Crippen LogP contribution in [0.2, 0.25) is 0 Å². The Hall–Kier alpha value is -2.06. The first-order valence-corrected chi connectivity index (χ1v) is 10.6. The molecule has 0 atom stereocenters. The molecule has 0 radical (unpaired) electrons. The molecule has 0 aliphatic heterocycles. The van der Waals surface area contributed by atoms with E-state index >= 15 is 0 Å². The van der Waals surface area contributed by atoms with Gasteiger partial charge in [0.2, 0.25) is 0 Å². The minimum absolute atomic E-state index is 0.0180. The molecule has 0 heterocycles. The van der Waals surface area contributed by atoms with Gasteiger partial charge in [0.1, 0.15) is 5.75 Å². The second-order valence-electron chi connectivity index (χ2n) is 7.26. The van der Waals surface area contributed by atoms with Crippen molar-refractivity contribution in [3.63, 3.8) is 0 Å². The van der Waals surface area contributed by atoms with Crippen molar-refractivity contribution in [2.75, 3.05) is 13.2 Å². The Morgan fingerprint density at radius 3 is 2.48 bits per heavy atom. The van der Waals surface area contributed by atoms with E-state index in [0.29, 0.717) is 28.1 Å². The van der Waals surface area contributed by atoms with Crippen LogP contribution in [0.4, 0.5) is 0 Å². The van der Waals surface area contributed by atoms with Crippen molar-refractivity contribution >= 4 is 44.0 Å². The summed E-state index contributed by atoms with van der Waals surface area (Å²) in [6.45, 7) is 8.46. The smallest absolute Gasteiger partial charge is 0.277 e. The van der Waals surface area contributed by atoms with E-state index < -0.39 is 5.91 Å². The van der Waals surface area contributed by atoms with Gasteiger partial charge in [0.15, 0.2) is 18.1 Å². The molecule has 156 valence electrons. The molecule has 0 fully saturated rings. The number of phenolic OH excluding ortho intramolecular Hbond substituents is 1. The van der Waals surface area contributed by atoms with Crippen molar-refractivity contribution in [1.82, 2.24) is 5.43 Å². The van der Waals surface area contributed by atoms with Crippen LogP contribution in [0.5, 0.6) is 17.2 Å². The molecule has 1 amide bonds. The molecule has 8 heteroatoms. The summed E-state index contributed by atoms with van der Waals surface area (Å²) in [5, 5.41) is 13.8. The maximum atomic E-state index is 12.0. The van der Waals surface area contributed by atoms with E-state index in [-0.39, 0.29) is 17.8 Å². The van der Waals surface area contributed by atoms with E-state index in [4.69, 9.17) is 9.47 Å². The predicted octanol–water partition coefficient (Wildman–Crippen LogP) is 5.14. The molecule has 0 saturated carbocycles. The third kappa shape index (κ3) is 6.75.